The molecule has 6 heteroatoms. The van der Waals surface area contributed by atoms with E-state index in [-0.39, 0.29) is 12.0 Å². The van der Waals surface area contributed by atoms with Crippen molar-refractivity contribution >= 4 is 22.5 Å². The molecule has 1 amide bonds. The summed E-state index contributed by atoms with van der Waals surface area (Å²) in [5.74, 6) is 0.599. The number of benzene rings is 2. The summed E-state index contributed by atoms with van der Waals surface area (Å²) in [6.07, 6.45) is 9.45. The molecule has 34 heavy (non-hydrogen) atoms. The van der Waals surface area contributed by atoms with Crippen molar-refractivity contribution in [2.75, 3.05) is 18.5 Å². The number of aryl methyl sites for hydroxylation is 1. The number of nitrogens with zero attached hydrogens (tertiary/aromatic N) is 1. The van der Waals surface area contributed by atoms with E-state index in [0.29, 0.717) is 18.2 Å². The van der Waals surface area contributed by atoms with Gasteiger partial charge in [-0.05, 0) is 80.1 Å². The fraction of sp³-hybridized carbons (Fsp3) is 0.429. The van der Waals surface area contributed by atoms with E-state index in [1.807, 2.05) is 37.4 Å². The van der Waals surface area contributed by atoms with Crippen LogP contribution in [0.2, 0.25) is 0 Å². The second kappa shape index (κ2) is 10.5. The minimum Gasteiger partial charge on any atom is -0.491 e. The Balaban J connectivity index is 1.21. The van der Waals surface area contributed by atoms with E-state index in [0.717, 1.165) is 53.9 Å². The summed E-state index contributed by atoms with van der Waals surface area (Å²) in [6, 6.07) is 14.1. The second-order valence-electron chi connectivity index (χ2n) is 9.44. The maximum absolute atomic E-state index is 12.8. The monoisotopic (exact) mass is 459 g/mol. The van der Waals surface area contributed by atoms with Crippen molar-refractivity contribution in [3.05, 3.63) is 65.4 Å². The number of fused-ring (bicyclic) bond motifs is 1. The van der Waals surface area contributed by atoms with Gasteiger partial charge in [-0.2, -0.15) is 0 Å². The molecule has 6 nitrogen and oxygen atoms in total. The quantitative estimate of drug-likeness (QED) is 0.473. The first kappa shape index (κ1) is 22.8. The third-order valence-electron chi connectivity index (χ3n) is 6.94. The van der Waals surface area contributed by atoms with Crippen LogP contribution in [0.1, 0.15) is 60.0 Å². The van der Waals surface area contributed by atoms with Crippen molar-refractivity contribution in [3.8, 4) is 5.75 Å². The molecule has 1 atom stereocenters. The summed E-state index contributed by atoms with van der Waals surface area (Å²) in [5, 5.41) is 7.78. The molecular formula is C28H33N3O3. The first-order valence-corrected chi connectivity index (χ1v) is 12.4. The van der Waals surface area contributed by atoms with E-state index in [2.05, 4.69) is 16.7 Å². The van der Waals surface area contributed by atoms with Gasteiger partial charge < -0.3 is 20.1 Å². The van der Waals surface area contributed by atoms with Crippen LogP contribution in [0.4, 0.5) is 5.69 Å². The van der Waals surface area contributed by atoms with Gasteiger partial charge in [-0.1, -0.05) is 18.9 Å². The smallest absolute Gasteiger partial charge is 0.255 e. The highest BCUT2D eigenvalue weighted by atomic mass is 16.5. The molecule has 0 unspecified atom stereocenters. The number of hydrogen-bond acceptors (Lipinski definition) is 5. The molecule has 0 radical (unpaired) electrons. The molecule has 1 saturated heterocycles. The maximum atomic E-state index is 12.8. The van der Waals surface area contributed by atoms with Crippen LogP contribution in [0.5, 0.6) is 5.75 Å². The summed E-state index contributed by atoms with van der Waals surface area (Å²) in [4.78, 5) is 17.6. The lowest BCUT2D eigenvalue weighted by molar-refractivity contribution is 0.0679. The van der Waals surface area contributed by atoms with Gasteiger partial charge in [0.1, 0.15) is 12.4 Å². The topological polar surface area (TPSA) is 72.5 Å². The Morgan fingerprint density at radius 1 is 1.09 bits per heavy atom. The first-order valence-electron chi connectivity index (χ1n) is 12.4. The Labute approximate surface area is 201 Å². The van der Waals surface area contributed by atoms with Crippen molar-refractivity contribution < 1.29 is 14.3 Å². The van der Waals surface area contributed by atoms with E-state index >= 15 is 0 Å². The van der Waals surface area contributed by atoms with Gasteiger partial charge in [-0.15, -0.1) is 0 Å². The zero-order chi connectivity index (χ0) is 23.3. The summed E-state index contributed by atoms with van der Waals surface area (Å²) >= 11 is 0. The SMILES string of the molecule is Cc1c(NC(=O)c2ccc(OC[C@H]3CCCO3)cc2)ccc2cc(CNC3CCCC3)cnc12. The Hall–Kier alpha value is -2.96. The third kappa shape index (κ3) is 5.40. The van der Waals surface area contributed by atoms with Gasteiger partial charge in [0.05, 0.1) is 11.6 Å². The highest BCUT2D eigenvalue weighted by molar-refractivity contribution is 6.06. The standard InChI is InChI=1S/C28H33N3O3/c1-19-26(13-10-22-15-20(17-30-27(19)22)16-29-23-5-2-3-6-23)31-28(32)21-8-11-24(12-9-21)34-18-25-7-4-14-33-25/h8-13,15,17,23,25,29H,2-7,14,16,18H2,1H3,(H,31,32)/t25-/m1/s1. The molecule has 0 spiro atoms. The number of hydrogen-bond donors (Lipinski definition) is 2. The van der Waals surface area contributed by atoms with Gasteiger partial charge in [-0.25, -0.2) is 0 Å². The lowest BCUT2D eigenvalue weighted by Crippen LogP contribution is -2.25. The van der Waals surface area contributed by atoms with E-state index in [4.69, 9.17) is 14.5 Å². The van der Waals surface area contributed by atoms with Crippen LogP contribution in [-0.4, -0.2) is 36.3 Å². The van der Waals surface area contributed by atoms with Crippen LogP contribution in [0, 0.1) is 6.92 Å². The number of pyridine rings is 1. The normalized spacial score (nSPS) is 18.4. The molecule has 1 aromatic heterocycles. The Bertz CT molecular complexity index is 1130. The fourth-order valence-corrected chi connectivity index (χ4v) is 4.88. The minimum atomic E-state index is -0.148. The molecule has 2 fully saturated rings. The van der Waals surface area contributed by atoms with Crippen LogP contribution < -0.4 is 15.4 Å². The first-order chi connectivity index (χ1) is 16.7. The van der Waals surface area contributed by atoms with Gasteiger partial charge in [-0.3, -0.25) is 9.78 Å². The fourth-order valence-electron chi connectivity index (χ4n) is 4.88. The maximum Gasteiger partial charge on any atom is 0.255 e. The van der Waals surface area contributed by atoms with Gasteiger partial charge in [0.15, 0.2) is 0 Å². The molecule has 2 N–H and O–H groups in total. The minimum absolute atomic E-state index is 0.148. The predicted molar refractivity (Wildman–Crippen MR) is 134 cm³/mol. The Morgan fingerprint density at radius 3 is 2.68 bits per heavy atom. The second-order valence-corrected chi connectivity index (χ2v) is 9.44. The molecule has 2 aliphatic rings. The Morgan fingerprint density at radius 2 is 1.91 bits per heavy atom. The van der Waals surface area contributed by atoms with Gasteiger partial charge in [0.25, 0.3) is 5.91 Å². The number of rotatable bonds is 8. The summed E-state index contributed by atoms with van der Waals surface area (Å²) in [5.41, 5.74) is 4.45. The number of nitrogens with one attached hydrogen (secondary N) is 2. The molecule has 5 rings (SSSR count). The molecular weight excluding hydrogens is 426 g/mol. The van der Waals surface area contributed by atoms with Gasteiger partial charge >= 0.3 is 0 Å². The van der Waals surface area contributed by atoms with E-state index in [9.17, 15) is 4.79 Å². The number of carbonyl (C=O) groups excluding carboxylic acids is 1. The Kier molecular flexibility index (Phi) is 7.07. The molecule has 2 aromatic carbocycles. The van der Waals surface area contributed by atoms with Crippen molar-refractivity contribution in [3.63, 3.8) is 0 Å². The zero-order valence-corrected chi connectivity index (χ0v) is 19.8. The van der Waals surface area contributed by atoms with Gasteiger partial charge in [0.2, 0.25) is 0 Å². The largest absolute Gasteiger partial charge is 0.491 e. The van der Waals surface area contributed by atoms with Crippen LogP contribution in [0.25, 0.3) is 10.9 Å². The van der Waals surface area contributed by atoms with Crippen molar-refractivity contribution in [1.29, 1.82) is 0 Å². The van der Waals surface area contributed by atoms with Gasteiger partial charge in [0, 0.05) is 42.0 Å². The third-order valence-corrected chi connectivity index (χ3v) is 6.94. The highest BCUT2D eigenvalue weighted by Gasteiger charge is 2.17. The van der Waals surface area contributed by atoms with Crippen molar-refractivity contribution in [2.24, 2.45) is 0 Å². The van der Waals surface area contributed by atoms with Crippen LogP contribution in [0.3, 0.4) is 0 Å². The molecule has 1 saturated carbocycles. The molecule has 2 heterocycles. The van der Waals surface area contributed by atoms with E-state index in [1.165, 1.54) is 31.2 Å². The van der Waals surface area contributed by atoms with Crippen LogP contribution in [-0.2, 0) is 11.3 Å². The van der Waals surface area contributed by atoms with E-state index < -0.39 is 0 Å². The zero-order valence-electron chi connectivity index (χ0n) is 19.8. The highest BCUT2D eigenvalue weighted by Crippen LogP contribution is 2.26. The predicted octanol–water partition coefficient (Wildman–Crippen LogP) is 5.39. The number of aromatic nitrogens is 1. The average molecular weight is 460 g/mol. The average Bonchev–Trinajstić information content (AvgIpc) is 3.58. The summed E-state index contributed by atoms with van der Waals surface area (Å²) in [6.45, 7) is 4.21. The van der Waals surface area contributed by atoms with E-state index in [1.54, 1.807) is 12.1 Å². The van der Waals surface area contributed by atoms with Crippen molar-refractivity contribution in [2.45, 2.75) is 64.1 Å². The number of anilines is 1. The summed E-state index contributed by atoms with van der Waals surface area (Å²) < 4.78 is 11.4. The van der Waals surface area contributed by atoms with Crippen molar-refractivity contribution in [1.82, 2.24) is 10.3 Å². The van der Waals surface area contributed by atoms with Crippen LogP contribution in [0.15, 0.2) is 48.7 Å². The summed E-state index contributed by atoms with van der Waals surface area (Å²) in [7, 11) is 0. The van der Waals surface area contributed by atoms with Crippen LogP contribution >= 0.6 is 0 Å². The number of carbonyl (C=O) groups is 1. The number of amides is 1. The molecule has 3 aromatic rings. The molecule has 178 valence electrons. The lowest BCUT2D eigenvalue weighted by Gasteiger charge is -2.14. The number of ether oxygens (including phenoxy) is 2. The molecule has 0 bridgehead atoms. The molecule has 1 aliphatic heterocycles. The lowest BCUT2D eigenvalue weighted by atomic mass is 10.1. The molecule has 1 aliphatic carbocycles.